The predicted octanol–water partition coefficient (Wildman–Crippen LogP) is 0.842. The van der Waals surface area contributed by atoms with Crippen molar-refractivity contribution in [1.82, 2.24) is 5.32 Å². The Balaban J connectivity index is 1.70. The monoisotopic (exact) mass is 220 g/mol. The van der Waals surface area contributed by atoms with Crippen LogP contribution in [0.3, 0.4) is 0 Å². The quantitative estimate of drug-likeness (QED) is 0.739. The Morgan fingerprint density at radius 2 is 2.44 bits per heavy atom. The van der Waals surface area contributed by atoms with Crippen LogP contribution in [0.25, 0.3) is 0 Å². The van der Waals surface area contributed by atoms with E-state index in [0.717, 1.165) is 12.2 Å². The average Bonchev–Trinajstić information content (AvgIpc) is 2.89. The van der Waals surface area contributed by atoms with Crippen LogP contribution < -0.4 is 11.1 Å². The molecule has 1 amide bonds. The first kappa shape index (κ1) is 11.0. The van der Waals surface area contributed by atoms with E-state index in [0.29, 0.717) is 13.0 Å². The third-order valence-electron chi connectivity index (χ3n) is 2.70. The molecule has 1 aromatic rings. The van der Waals surface area contributed by atoms with E-state index < -0.39 is 0 Å². The summed E-state index contributed by atoms with van der Waals surface area (Å²) in [5.74, 6) is 0.876. The van der Waals surface area contributed by atoms with Crippen LogP contribution in [-0.4, -0.2) is 18.5 Å². The number of hydrogen-bond acceptors (Lipinski definition) is 3. The molecule has 4 nitrogen and oxygen atoms in total. The average molecular weight is 220 g/mol. The standard InChI is InChI=1S/C12H16N2O2/c13-10-4-3-9(8-10)12(15)14-6-5-11-2-1-7-16-11/h1-4,7,9-10H,5-6,8,13H2,(H,14,15). The Bertz CT molecular complexity index is 370. The molecule has 0 radical (unpaired) electrons. The molecule has 1 aliphatic rings. The molecule has 2 atom stereocenters. The van der Waals surface area contributed by atoms with Gasteiger partial charge >= 0.3 is 0 Å². The lowest BCUT2D eigenvalue weighted by atomic mass is 10.1. The van der Waals surface area contributed by atoms with Gasteiger partial charge in [0.2, 0.25) is 5.91 Å². The van der Waals surface area contributed by atoms with Crippen LogP contribution in [0, 0.1) is 5.92 Å². The van der Waals surface area contributed by atoms with Crippen LogP contribution in [0.5, 0.6) is 0 Å². The number of furan rings is 1. The highest BCUT2D eigenvalue weighted by Crippen LogP contribution is 2.16. The SMILES string of the molecule is NC1C=CC(C(=O)NCCc2ccco2)C1. The van der Waals surface area contributed by atoms with Crippen molar-refractivity contribution < 1.29 is 9.21 Å². The summed E-state index contributed by atoms with van der Waals surface area (Å²) in [6.07, 6.45) is 6.84. The van der Waals surface area contributed by atoms with Gasteiger partial charge in [-0.15, -0.1) is 0 Å². The Kier molecular flexibility index (Phi) is 3.41. The molecule has 3 N–H and O–H groups in total. The first-order valence-electron chi connectivity index (χ1n) is 5.49. The van der Waals surface area contributed by atoms with Gasteiger partial charge in [-0.3, -0.25) is 4.79 Å². The zero-order valence-electron chi connectivity index (χ0n) is 9.06. The van der Waals surface area contributed by atoms with Gasteiger partial charge < -0.3 is 15.5 Å². The summed E-state index contributed by atoms with van der Waals surface area (Å²) >= 11 is 0. The summed E-state index contributed by atoms with van der Waals surface area (Å²) in [7, 11) is 0. The molecule has 0 saturated heterocycles. The molecule has 1 heterocycles. The second-order valence-electron chi connectivity index (χ2n) is 4.01. The van der Waals surface area contributed by atoms with E-state index in [4.69, 9.17) is 10.2 Å². The van der Waals surface area contributed by atoms with Crippen LogP contribution in [0.15, 0.2) is 35.0 Å². The number of carbonyl (C=O) groups is 1. The van der Waals surface area contributed by atoms with Crippen molar-refractivity contribution in [3.05, 3.63) is 36.3 Å². The highest BCUT2D eigenvalue weighted by atomic mass is 16.3. The zero-order chi connectivity index (χ0) is 11.4. The molecular weight excluding hydrogens is 204 g/mol. The third-order valence-corrected chi connectivity index (χ3v) is 2.70. The van der Waals surface area contributed by atoms with Gasteiger partial charge in [0.05, 0.1) is 12.2 Å². The highest BCUT2D eigenvalue weighted by molar-refractivity contribution is 5.81. The minimum atomic E-state index is -0.0633. The zero-order valence-corrected chi connectivity index (χ0v) is 9.06. The van der Waals surface area contributed by atoms with Crippen molar-refractivity contribution in [3.63, 3.8) is 0 Å². The lowest BCUT2D eigenvalue weighted by Gasteiger charge is -2.09. The second kappa shape index (κ2) is 4.99. The van der Waals surface area contributed by atoms with Crippen molar-refractivity contribution >= 4 is 5.91 Å². The molecular formula is C12H16N2O2. The normalized spacial score (nSPS) is 23.6. The summed E-state index contributed by atoms with van der Waals surface area (Å²) in [6, 6.07) is 3.77. The summed E-state index contributed by atoms with van der Waals surface area (Å²) < 4.78 is 5.17. The molecule has 2 rings (SSSR count). The van der Waals surface area contributed by atoms with E-state index in [1.165, 1.54) is 0 Å². The fourth-order valence-electron chi connectivity index (χ4n) is 1.82. The Morgan fingerprint density at radius 3 is 3.06 bits per heavy atom. The van der Waals surface area contributed by atoms with Crippen LogP contribution in [0.2, 0.25) is 0 Å². The van der Waals surface area contributed by atoms with Crippen molar-refractivity contribution in [2.45, 2.75) is 18.9 Å². The third kappa shape index (κ3) is 2.73. The van der Waals surface area contributed by atoms with Crippen LogP contribution in [-0.2, 0) is 11.2 Å². The minimum absolute atomic E-state index is 0.0285. The predicted molar refractivity (Wildman–Crippen MR) is 60.6 cm³/mol. The molecule has 1 aliphatic carbocycles. The first-order valence-corrected chi connectivity index (χ1v) is 5.49. The van der Waals surface area contributed by atoms with Crippen LogP contribution in [0.1, 0.15) is 12.2 Å². The Labute approximate surface area is 94.5 Å². The second-order valence-corrected chi connectivity index (χ2v) is 4.01. The molecule has 1 aromatic heterocycles. The van der Waals surface area contributed by atoms with Crippen LogP contribution in [0.4, 0.5) is 0 Å². The van der Waals surface area contributed by atoms with Crippen molar-refractivity contribution in [3.8, 4) is 0 Å². The van der Waals surface area contributed by atoms with Crippen LogP contribution >= 0.6 is 0 Å². The maximum Gasteiger partial charge on any atom is 0.227 e. The molecule has 0 bridgehead atoms. The van der Waals surface area contributed by atoms with Gasteiger partial charge in [-0.1, -0.05) is 12.2 Å². The molecule has 4 heteroatoms. The van der Waals surface area contributed by atoms with E-state index in [2.05, 4.69) is 5.32 Å². The van der Waals surface area contributed by atoms with Gasteiger partial charge in [0.25, 0.3) is 0 Å². The summed E-state index contributed by atoms with van der Waals surface area (Å²) in [5.41, 5.74) is 5.69. The van der Waals surface area contributed by atoms with Crippen molar-refractivity contribution in [2.24, 2.45) is 11.7 Å². The topological polar surface area (TPSA) is 68.3 Å². The lowest BCUT2D eigenvalue weighted by Crippen LogP contribution is -2.32. The van der Waals surface area contributed by atoms with Gasteiger partial charge in [-0.2, -0.15) is 0 Å². The molecule has 0 aliphatic heterocycles. The lowest BCUT2D eigenvalue weighted by molar-refractivity contribution is -0.123. The van der Waals surface area contributed by atoms with E-state index in [9.17, 15) is 4.79 Å². The number of rotatable bonds is 4. The molecule has 0 fully saturated rings. The molecule has 0 aromatic carbocycles. The summed E-state index contributed by atoms with van der Waals surface area (Å²) in [4.78, 5) is 11.7. The highest BCUT2D eigenvalue weighted by Gasteiger charge is 2.21. The van der Waals surface area contributed by atoms with Gasteiger partial charge in [0.1, 0.15) is 5.76 Å². The van der Waals surface area contributed by atoms with Gasteiger partial charge in [-0.05, 0) is 18.6 Å². The Morgan fingerprint density at radius 1 is 1.56 bits per heavy atom. The number of nitrogens with two attached hydrogens (primary N) is 1. The number of hydrogen-bond donors (Lipinski definition) is 2. The first-order chi connectivity index (χ1) is 7.75. The maximum absolute atomic E-state index is 11.7. The number of amides is 1. The summed E-state index contributed by atoms with van der Waals surface area (Å²) in [6.45, 7) is 0.603. The number of carbonyl (C=O) groups excluding carboxylic acids is 1. The molecule has 86 valence electrons. The van der Waals surface area contributed by atoms with E-state index >= 15 is 0 Å². The smallest absolute Gasteiger partial charge is 0.227 e. The van der Waals surface area contributed by atoms with E-state index in [1.807, 2.05) is 24.3 Å². The molecule has 2 unspecified atom stereocenters. The molecule has 0 saturated carbocycles. The molecule has 0 spiro atoms. The van der Waals surface area contributed by atoms with Gasteiger partial charge in [0.15, 0.2) is 0 Å². The fourth-order valence-corrected chi connectivity index (χ4v) is 1.82. The summed E-state index contributed by atoms with van der Waals surface area (Å²) in [5, 5.41) is 2.88. The maximum atomic E-state index is 11.7. The van der Waals surface area contributed by atoms with Crippen molar-refractivity contribution in [1.29, 1.82) is 0 Å². The van der Waals surface area contributed by atoms with Gasteiger partial charge in [0, 0.05) is 19.0 Å². The number of nitrogens with one attached hydrogen (secondary N) is 1. The fraction of sp³-hybridized carbons (Fsp3) is 0.417. The minimum Gasteiger partial charge on any atom is -0.469 e. The van der Waals surface area contributed by atoms with E-state index in [-0.39, 0.29) is 17.9 Å². The molecule has 16 heavy (non-hydrogen) atoms. The van der Waals surface area contributed by atoms with E-state index in [1.54, 1.807) is 6.26 Å². The largest absolute Gasteiger partial charge is 0.469 e. The Hall–Kier alpha value is -1.55. The van der Waals surface area contributed by atoms with Crippen molar-refractivity contribution in [2.75, 3.05) is 6.54 Å². The van der Waals surface area contributed by atoms with Gasteiger partial charge in [-0.25, -0.2) is 0 Å².